The first-order chi connectivity index (χ1) is 15.8. The lowest BCUT2D eigenvalue weighted by Gasteiger charge is -2.48. The molecule has 0 radical (unpaired) electrons. The van der Waals surface area contributed by atoms with Gasteiger partial charge in [0.25, 0.3) is 5.91 Å². The van der Waals surface area contributed by atoms with Crippen molar-refractivity contribution in [1.29, 1.82) is 0 Å². The first-order valence-electron chi connectivity index (χ1n) is 9.88. The van der Waals surface area contributed by atoms with Crippen LogP contribution >= 0.6 is 11.8 Å². The Balaban J connectivity index is 1.72. The van der Waals surface area contributed by atoms with Gasteiger partial charge in [-0.2, -0.15) is 8.42 Å². The topological polar surface area (TPSA) is 119 Å². The van der Waals surface area contributed by atoms with E-state index in [2.05, 4.69) is 5.32 Å². The predicted molar refractivity (Wildman–Crippen MR) is 120 cm³/mol. The van der Waals surface area contributed by atoms with Crippen LogP contribution in [0.1, 0.15) is 17.2 Å². The lowest BCUT2D eigenvalue weighted by molar-refractivity contribution is -0.154. The Bertz CT molecular complexity index is 1160. The van der Waals surface area contributed by atoms with Crippen LogP contribution in [-0.2, 0) is 33.4 Å². The summed E-state index contributed by atoms with van der Waals surface area (Å²) in [6.45, 7) is 0. The van der Waals surface area contributed by atoms with E-state index in [-0.39, 0.29) is 17.2 Å². The Morgan fingerprint density at radius 3 is 2.21 bits per heavy atom. The summed E-state index contributed by atoms with van der Waals surface area (Å²) in [5, 5.41) is 1.84. The van der Waals surface area contributed by atoms with Crippen LogP contribution in [0, 0.1) is 0 Å². The van der Waals surface area contributed by atoms with Crippen molar-refractivity contribution >= 4 is 40.2 Å². The minimum absolute atomic E-state index is 0.00429. The average molecular weight is 489 g/mol. The molecule has 1 saturated heterocycles. The van der Waals surface area contributed by atoms with Crippen molar-refractivity contribution < 1.29 is 31.7 Å². The molecule has 172 valence electrons. The molecule has 11 heteroatoms. The first-order valence-corrected chi connectivity index (χ1v) is 12.7. The molecule has 0 bridgehead atoms. The number of nitrogens with one attached hydrogen (secondary N) is 1. The van der Waals surface area contributed by atoms with Crippen LogP contribution < -0.4 is 5.32 Å². The Hall–Kier alpha value is -3.31. The van der Waals surface area contributed by atoms with E-state index in [1.165, 1.54) is 11.8 Å². The highest BCUT2D eigenvalue weighted by atomic mass is 32.2. The van der Waals surface area contributed by atoms with Crippen molar-refractivity contribution in [2.45, 2.75) is 17.5 Å². The van der Waals surface area contributed by atoms with E-state index in [4.69, 9.17) is 8.92 Å². The zero-order valence-corrected chi connectivity index (χ0v) is 19.0. The summed E-state index contributed by atoms with van der Waals surface area (Å²) in [5.74, 6) is -1.66. The molecule has 0 aliphatic carbocycles. The van der Waals surface area contributed by atoms with Gasteiger partial charge in [-0.1, -0.05) is 60.7 Å². The number of thioether (sulfide) groups is 1. The van der Waals surface area contributed by atoms with Crippen LogP contribution in [-0.4, -0.2) is 55.0 Å². The smallest absolute Gasteiger partial charge is 0.359 e. The van der Waals surface area contributed by atoms with E-state index in [1.54, 1.807) is 48.5 Å². The monoisotopic (exact) mass is 488 g/mol. The highest BCUT2D eigenvalue weighted by molar-refractivity contribution is 8.00. The Labute approximate surface area is 194 Å². The van der Waals surface area contributed by atoms with E-state index < -0.39 is 39.5 Å². The van der Waals surface area contributed by atoms with Gasteiger partial charge in [0.1, 0.15) is 11.4 Å². The summed E-state index contributed by atoms with van der Waals surface area (Å²) in [6.07, 6.45) is 0.455. The molecule has 9 nitrogen and oxygen atoms in total. The highest BCUT2D eigenvalue weighted by Crippen LogP contribution is 2.42. The number of hydrogen-bond donors (Lipinski definition) is 1. The molecule has 2 aliphatic heterocycles. The van der Waals surface area contributed by atoms with E-state index in [9.17, 15) is 22.8 Å². The van der Waals surface area contributed by atoms with Crippen molar-refractivity contribution in [1.82, 2.24) is 10.2 Å². The lowest BCUT2D eigenvalue weighted by atomic mass is 10.0. The Morgan fingerprint density at radius 1 is 1.12 bits per heavy atom. The fraction of sp³-hybridized carbons (Fsp3) is 0.227. The van der Waals surface area contributed by atoms with Crippen molar-refractivity contribution in [3.63, 3.8) is 0 Å². The zero-order valence-electron chi connectivity index (χ0n) is 17.4. The highest BCUT2D eigenvalue weighted by Gasteiger charge is 2.55. The molecule has 2 aliphatic rings. The van der Waals surface area contributed by atoms with Crippen LogP contribution in [0.5, 0.6) is 0 Å². The maximum absolute atomic E-state index is 13.4. The van der Waals surface area contributed by atoms with E-state index in [0.29, 0.717) is 17.5 Å². The van der Waals surface area contributed by atoms with Crippen LogP contribution in [0.3, 0.4) is 0 Å². The molecular weight excluding hydrogens is 468 g/mol. The summed E-state index contributed by atoms with van der Waals surface area (Å²) in [4.78, 5) is 38.1. The van der Waals surface area contributed by atoms with Gasteiger partial charge >= 0.3 is 16.1 Å². The molecule has 0 saturated carbocycles. The van der Waals surface area contributed by atoms with Crippen LogP contribution in [0.25, 0.3) is 0 Å². The SMILES string of the molecule is CS(=O)(=O)OC1=C(C(=O)OC(c2ccccc2)c2ccccc2)N2C(=O)[C@@H](NC=O)[C@@H]2SC1. The van der Waals surface area contributed by atoms with E-state index in [0.717, 1.165) is 11.2 Å². The number of fused-ring (bicyclic) bond motifs is 1. The molecular formula is C22H20N2O7S2. The van der Waals surface area contributed by atoms with Gasteiger partial charge in [0.05, 0.1) is 12.0 Å². The number of ether oxygens (including phenoxy) is 1. The molecule has 0 spiro atoms. The summed E-state index contributed by atoms with van der Waals surface area (Å²) < 4.78 is 34.5. The number of hydrogen-bond acceptors (Lipinski definition) is 8. The molecule has 0 aromatic heterocycles. The summed E-state index contributed by atoms with van der Waals surface area (Å²) in [5.41, 5.74) is 1.11. The first kappa shape index (κ1) is 22.9. The third-order valence-corrected chi connectivity index (χ3v) is 6.81. The van der Waals surface area contributed by atoms with E-state index in [1.807, 2.05) is 12.1 Å². The maximum atomic E-state index is 13.4. The van der Waals surface area contributed by atoms with Gasteiger partial charge in [0, 0.05) is 0 Å². The Kier molecular flexibility index (Phi) is 6.43. The quantitative estimate of drug-likeness (QED) is 0.257. The zero-order chi connectivity index (χ0) is 23.6. The third kappa shape index (κ3) is 4.74. The average Bonchev–Trinajstić information content (AvgIpc) is 2.80. The summed E-state index contributed by atoms with van der Waals surface area (Å²) in [6, 6.07) is 17.2. The third-order valence-electron chi connectivity index (χ3n) is 5.06. The molecule has 2 aromatic carbocycles. The van der Waals surface area contributed by atoms with Crippen LogP contribution in [0.15, 0.2) is 72.1 Å². The molecule has 2 amide bonds. The molecule has 2 aromatic rings. The van der Waals surface area contributed by atoms with Crippen molar-refractivity contribution in [2.24, 2.45) is 0 Å². The lowest BCUT2D eigenvalue weighted by Crippen LogP contribution is -2.69. The molecule has 33 heavy (non-hydrogen) atoms. The second kappa shape index (κ2) is 9.28. The maximum Gasteiger partial charge on any atom is 0.359 e. The number of rotatable bonds is 8. The fourth-order valence-corrected chi connectivity index (χ4v) is 5.51. The number of nitrogens with zero attached hydrogens (tertiary/aromatic N) is 1. The molecule has 1 fully saturated rings. The van der Waals surface area contributed by atoms with Gasteiger partial charge in [-0.25, -0.2) is 4.79 Å². The number of amides is 2. The largest absolute Gasteiger partial charge is 0.448 e. The van der Waals surface area contributed by atoms with Gasteiger partial charge in [0.2, 0.25) is 6.41 Å². The summed E-state index contributed by atoms with van der Waals surface area (Å²) >= 11 is 1.17. The van der Waals surface area contributed by atoms with E-state index >= 15 is 0 Å². The van der Waals surface area contributed by atoms with Crippen molar-refractivity contribution in [3.05, 3.63) is 83.2 Å². The molecule has 2 atom stereocenters. The minimum atomic E-state index is -3.97. The Morgan fingerprint density at radius 2 is 1.70 bits per heavy atom. The van der Waals surface area contributed by atoms with Crippen LogP contribution in [0.2, 0.25) is 0 Å². The van der Waals surface area contributed by atoms with Gasteiger partial charge < -0.3 is 14.2 Å². The second-order valence-corrected chi connectivity index (χ2v) is 10.0. The molecule has 0 unspecified atom stereocenters. The fourth-order valence-electron chi connectivity index (χ4n) is 3.67. The number of β-lactam (4-membered cyclic amide) rings is 1. The predicted octanol–water partition coefficient (Wildman–Crippen LogP) is 1.54. The summed E-state index contributed by atoms with van der Waals surface area (Å²) in [7, 11) is -3.97. The van der Waals surface area contributed by atoms with Gasteiger partial charge in [-0.05, 0) is 11.1 Å². The van der Waals surface area contributed by atoms with Gasteiger partial charge in [-0.3, -0.25) is 14.5 Å². The normalized spacial score (nSPS) is 20.1. The molecule has 4 rings (SSSR count). The number of carbonyl (C=O) groups is 3. The van der Waals surface area contributed by atoms with Gasteiger partial charge in [-0.15, -0.1) is 11.8 Å². The molecule has 2 heterocycles. The van der Waals surface area contributed by atoms with Gasteiger partial charge in [0.15, 0.2) is 17.6 Å². The molecule has 1 N–H and O–H groups in total. The van der Waals surface area contributed by atoms with Crippen molar-refractivity contribution in [2.75, 3.05) is 12.0 Å². The number of benzene rings is 2. The standard InChI is InChI=1S/C22H20N2O7S2/c1-33(28,29)31-16-12-32-21-17(23-13-25)20(26)24(21)18(16)22(27)30-19(14-8-4-2-5-9-14)15-10-6-3-7-11-15/h2-11,13,17,19,21H,12H2,1H3,(H,23,25)/t17-,21+/m1/s1. The minimum Gasteiger partial charge on any atom is -0.448 e. The second-order valence-electron chi connectivity index (χ2n) is 7.34. The number of esters is 1. The van der Waals surface area contributed by atoms with Crippen LogP contribution in [0.4, 0.5) is 0 Å². The van der Waals surface area contributed by atoms with Crippen molar-refractivity contribution in [3.8, 4) is 0 Å². The number of carbonyl (C=O) groups excluding carboxylic acids is 3.